The Bertz CT molecular complexity index is 1140. The molecule has 7 fully saturated rings. The third-order valence-corrected chi connectivity index (χ3v) is 14.7. The molecule has 3 saturated heterocycles. The van der Waals surface area contributed by atoms with Crippen molar-refractivity contribution in [3.8, 4) is 0 Å². The molecular formula is C37H59N2O6+. The van der Waals surface area contributed by atoms with E-state index in [1.54, 1.807) is 13.8 Å². The standard InChI is InChI=1S/C37H59N2O6/c1-6-17-39(18-7-8-19-39)32-23-30-28-10-9-27-22-33(44-25(2)40)31(38-15-13-37(14-16-38)42-20-21-43-37)24-36(27,5)29(28)11-12-35(30,4)34(32)45-26(3)41/h6,27-34H,1,7-24H2,2-5H3/q+1/t27-,28+,29-,30-,31-,32-,33-,34-,35-,36-/m0/s1. The summed E-state index contributed by atoms with van der Waals surface area (Å²) in [5.41, 5.74) is 0.226. The number of carbonyl (C=O) groups excluding carboxylic acids is 2. The topological polar surface area (TPSA) is 74.3 Å². The highest BCUT2D eigenvalue weighted by Crippen LogP contribution is 2.68. The summed E-state index contributed by atoms with van der Waals surface area (Å²) >= 11 is 0. The summed E-state index contributed by atoms with van der Waals surface area (Å²) in [6.45, 7) is 19.0. The van der Waals surface area contributed by atoms with Gasteiger partial charge in [-0.15, -0.1) is 0 Å². The zero-order valence-corrected chi connectivity index (χ0v) is 28.5. The summed E-state index contributed by atoms with van der Waals surface area (Å²) in [6.07, 6.45) is 14.3. The Balaban J connectivity index is 1.16. The van der Waals surface area contributed by atoms with Gasteiger partial charge in [-0.25, -0.2) is 0 Å². The van der Waals surface area contributed by atoms with Gasteiger partial charge in [0.1, 0.15) is 12.1 Å². The zero-order chi connectivity index (χ0) is 31.6. The molecule has 4 saturated carbocycles. The summed E-state index contributed by atoms with van der Waals surface area (Å²) < 4.78 is 25.7. The first-order chi connectivity index (χ1) is 21.5. The van der Waals surface area contributed by atoms with Crippen molar-refractivity contribution in [3.05, 3.63) is 12.7 Å². The first-order valence-corrected chi connectivity index (χ1v) is 18.4. The van der Waals surface area contributed by atoms with E-state index in [1.165, 1.54) is 45.2 Å². The van der Waals surface area contributed by atoms with Crippen molar-refractivity contribution in [3.63, 3.8) is 0 Å². The average Bonchev–Trinajstić information content (AvgIpc) is 3.72. The molecule has 10 atom stereocenters. The Hall–Kier alpha value is -1.48. The van der Waals surface area contributed by atoms with Crippen molar-refractivity contribution in [2.45, 2.75) is 128 Å². The van der Waals surface area contributed by atoms with Gasteiger partial charge in [-0.3, -0.25) is 14.5 Å². The fourth-order valence-electron chi connectivity index (χ4n) is 12.7. The predicted octanol–water partition coefficient (Wildman–Crippen LogP) is 5.49. The normalized spacial score (nSPS) is 45.3. The first kappa shape index (κ1) is 32.1. The lowest BCUT2D eigenvalue weighted by molar-refractivity contribution is -0.937. The minimum absolute atomic E-state index is 0.0160. The Morgan fingerprint density at radius 1 is 0.911 bits per heavy atom. The van der Waals surface area contributed by atoms with Crippen LogP contribution in [0.4, 0.5) is 0 Å². The number of nitrogens with zero attached hydrogens (tertiary/aromatic N) is 2. The van der Waals surface area contributed by atoms with E-state index in [9.17, 15) is 9.59 Å². The van der Waals surface area contributed by atoms with Crippen LogP contribution >= 0.6 is 0 Å². The highest BCUT2D eigenvalue weighted by atomic mass is 16.7. The highest BCUT2D eigenvalue weighted by Gasteiger charge is 2.68. The number of piperidine rings is 1. The molecule has 45 heavy (non-hydrogen) atoms. The van der Waals surface area contributed by atoms with Crippen LogP contribution in [0.25, 0.3) is 0 Å². The molecule has 0 bridgehead atoms. The number of carbonyl (C=O) groups is 2. The quantitative estimate of drug-likeness (QED) is 0.219. The van der Waals surface area contributed by atoms with Gasteiger partial charge in [0.05, 0.1) is 32.8 Å². The van der Waals surface area contributed by atoms with E-state index in [0.29, 0.717) is 42.9 Å². The number of hydrogen-bond donors (Lipinski definition) is 0. The van der Waals surface area contributed by atoms with E-state index < -0.39 is 5.79 Å². The predicted molar refractivity (Wildman–Crippen MR) is 171 cm³/mol. The maximum atomic E-state index is 12.6. The van der Waals surface area contributed by atoms with E-state index in [2.05, 4.69) is 31.4 Å². The first-order valence-electron chi connectivity index (χ1n) is 18.4. The van der Waals surface area contributed by atoms with Gasteiger partial charge >= 0.3 is 11.9 Å². The van der Waals surface area contributed by atoms with Crippen LogP contribution in [0.5, 0.6) is 0 Å². The molecular weight excluding hydrogens is 568 g/mol. The van der Waals surface area contributed by atoms with E-state index in [0.717, 1.165) is 62.6 Å². The molecule has 3 aliphatic heterocycles. The Labute approximate surface area is 271 Å². The molecule has 0 aromatic heterocycles. The second-order valence-corrected chi connectivity index (χ2v) is 16.7. The SMILES string of the molecule is C=CC[N+]1([C@H]2C[C@H]3[C@@H]4CC[C@H]5C[C@H](OC(C)=O)[C@@H](N6CCC7(CC6)OCCO7)C[C@]5(C)[C@H]4CC[C@]3(C)[C@H]2OC(C)=O)CCCC1. The van der Waals surface area contributed by atoms with Gasteiger partial charge in [0.15, 0.2) is 11.9 Å². The number of rotatable bonds is 6. The average molecular weight is 628 g/mol. The molecule has 7 aliphatic rings. The minimum atomic E-state index is -0.406. The lowest BCUT2D eigenvalue weighted by Gasteiger charge is -2.62. The summed E-state index contributed by atoms with van der Waals surface area (Å²) in [5.74, 6) is 1.76. The zero-order valence-electron chi connectivity index (χ0n) is 28.5. The molecule has 0 N–H and O–H groups in total. The minimum Gasteiger partial charge on any atom is -0.461 e. The van der Waals surface area contributed by atoms with Crippen LogP contribution in [-0.4, -0.2) is 97.3 Å². The number of fused-ring (bicyclic) bond motifs is 5. The summed E-state index contributed by atoms with van der Waals surface area (Å²) in [7, 11) is 0. The third-order valence-electron chi connectivity index (χ3n) is 14.7. The van der Waals surface area contributed by atoms with E-state index in [1.807, 2.05) is 0 Å². The maximum Gasteiger partial charge on any atom is 0.303 e. The lowest BCUT2D eigenvalue weighted by atomic mass is 9.44. The van der Waals surface area contributed by atoms with Crippen LogP contribution < -0.4 is 0 Å². The Kier molecular flexibility index (Phi) is 8.48. The fraction of sp³-hybridized carbons (Fsp3) is 0.892. The molecule has 0 aromatic rings. The van der Waals surface area contributed by atoms with Gasteiger partial charge in [-0.2, -0.15) is 0 Å². The molecule has 7 rings (SSSR count). The number of esters is 2. The van der Waals surface area contributed by atoms with Crippen molar-refractivity contribution in [1.29, 1.82) is 0 Å². The summed E-state index contributed by atoms with van der Waals surface area (Å²) in [6, 6.07) is 0.596. The van der Waals surface area contributed by atoms with Crippen LogP contribution in [-0.2, 0) is 28.5 Å². The summed E-state index contributed by atoms with van der Waals surface area (Å²) in [4.78, 5) is 27.6. The van der Waals surface area contributed by atoms with Crippen LogP contribution in [0.3, 0.4) is 0 Å². The fourth-order valence-corrected chi connectivity index (χ4v) is 12.7. The Morgan fingerprint density at radius 3 is 2.24 bits per heavy atom. The molecule has 0 aromatic carbocycles. The second-order valence-electron chi connectivity index (χ2n) is 16.7. The molecule has 0 unspecified atom stereocenters. The lowest BCUT2D eigenvalue weighted by Crippen LogP contribution is -2.62. The van der Waals surface area contributed by atoms with Crippen molar-refractivity contribution in [1.82, 2.24) is 4.90 Å². The van der Waals surface area contributed by atoms with Crippen LogP contribution in [0, 0.1) is 34.5 Å². The molecule has 252 valence electrons. The largest absolute Gasteiger partial charge is 0.461 e. The molecule has 3 heterocycles. The van der Waals surface area contributed by atoms with Gasteiger partial charge in [-0.1, -0.05) is 20.4 Å². The van der Waals surface area contributed by atoms with Gasteiger partial charge in [0, 0.05) is 70.5 Å². The van der Waals surface area contributed by atoms with Crippen molar-refractivity contribution in [2.75, 3.05) is 45.9 Å². The highest BCUT2D eigenvalue weighted by molar-refractivity contribution is 5.66. The van der Waals surface area contributed by atoms with Crippen molar-refractivity contribution in [2.24, 2.45) is 34.5 Å². The molecule has 8 heteroatoms. The second kappa shape index (κ2) is 11.9. The van der Waals surface area contributed by atoms with Crippen molar-refractivity contribution >= 4 is 11.9 Å². The monoisotopic (exact) mass is 627 g/mol. The van der Waals surface area contributed by atoms with Crippen molar-refractivity contribution < 1.29 is 33.0 Å². The third kappa shape index (κ3) is 5.32. The number of ether oxygens (including phenoxy) is 4. The van der Waals surface area contributed by atoms with E-state index >= 15 is 0 Å². The molecule has 1 spiro atoms. The van der Waals surface area contributed by atoms with E-state index in [4.69, 9.17) is 18.9 Å². The van der Waals surface area contributed by atoms with Gasteiger partial charge in [0.25, 0.3) is 0 Å². The van der Waals surface area contributed by atoms with Gasteiger partial charge < -0.3 is 23.4 Å². The smallest absolute Gasteiger partial charge is 0.303 e. The van der Waals surface area contributed by atoms with Crippen LogP contribution in [0.15, 0.2) is 12.7 Å². The molecule has 0 amide bonds. The number of hydrogen-bond acceptors (Lipinski definition) is 7. The molecule has 8 nitrogen and oxygen atoms in total. The molecule has 4 aliphatic carbocycles. The number of likely N-dealkylation sites (tertiary alicyclic amines) is 2. The van der Waals surface area contributed by atoms with E-state index in [-0.39, 0.29) is 41.0 Å². The number of quaternary nitrogens is 1. The van der Waals surface area contributed by atoms with Crippen LogP contribution in [0.1, 0.15) is 98.3 Å². The van der Waals surface area contributed by atoms with Gasteiger partial charge in [0.2, 0.25) is 0 Å². The van der Waals surface area contributed by atoms with Gasteiger partial charge in [-0.05, 0) is 73.7 Å². The van der Waals surface area contributed by atoms with Crippen LogP contribution in [0.2, 0.25) is 0 Å². The summed E-state index contributed by atoms with van der Waals surface area (Å²) in [5, 5.41) is 0. The Morgan fingerprint density at radius 2 is 1.60 bits per heavy atom. The maximum absolute atomic E-state index is 12.6. The molecule has 0 radical (unpaired) electrons.